The lowest BCUT2D eigenvalue weighted by molar-refractivity contribution is 0.0700. The van der Waals surface area contributed by atoms with Crippen LogP contribution in [0.5, 0.6) is 0 Å². The lowest BCUT2D eigenvalue weighted by Crippen LogP contribution is -2.37. The van der Waals surface area contributed by atoms with Gasteiger partial charge in [0.05, 0.1) is 0 Å². The molecule has 1 amide bonds. The molecule has 0 fully saturated rings. The van der Waals surface area contributed by atoms with Gasteiger partial charge in [0.25, 0.3) is 5.91 Å². The molecule has 0 aliphatic rings. The highest BCUT2D eigenvalue weighted by molar-refractivity contribution is 5.93. The highest BCUT2D eigenvalue weighted by atomic mass is 16.2. The number of hydrogen-bond donors (Lipinski definition) is 2. The summed E-state index contributed by atoms with van der Waals surface area (Å²) in [6, 6.07) is 1.75. The number of H-pyrrole nitrogens is 1. The first kappa shape index (κ1) is 11.6. The van der Waals surface area contributed by atoms with Crippen LogP contribution < -0.4 is 5.73 Å². The van der Waals surface area contributed by atoms with E-state index in [0.29, 0.717) is 11.5 Å². The van der Waals surface area contributed by atoms with Gasteiger partial charge in [0.15, 0.2) is 0 Å². The topological polar surface area (TPSA) is 75.0 Å². The number of carbonyl (C=O) groups is 1. The Balaban J connectivity index is 2.80. The van der Waals surface area contributed by atoms with Crippen LogP contribution in [0, 0.1) is 0 Å². The monoisotopic (exact) mass is 210 g/mol. The van der Waals surface area contributed by atoms with Gasteiger partial charge in [-0.15, -0.1) is 0 Å². The van der Waals surface area contributed by atoms with Crippen molar-refractivity contribution < 1.29 is 4.79 Å². The highest BCUT2D eigenvalue weighted by Crippen LogP contribution is 2.09. The molecule has 1 rings (SSSR count). The zero-order valence-corrected chi connectivity index (χ0v) is 9.45. The Morgan fingerprint density at radius 1 is 1.67 bits per heavy atom. The van der Waals surface area contributed by atoms with Crippen molar-refractivity contribution in [1.29, 1.82) is 0 Å². The first-order chi connectivity index (χ1) is 7.06. The predicted octanol–water partition coefficient (Wildman–Crippen LogP) is 1.25. The minimum atomic E-state index is -0.0453. The van der Waals surface area contributed by atoms with E-state index in [1.165, 1.54) is 0 Å². The molecule has 0 saturated heterocycles. The maximum atomic E-state index is 12.0. The van der Waals surface area contributed by atoms with Crippen molar-refractivity contribution >= 4 is 11.7 Å². The molecular formula is C10H18N4O. The second-order valence-corrected chi connectivity index (χ2v) is 3.80. The van der Waals surface area contributed by atoms with Crippen molar-refractivity contribution in [3.63, 3.8) is 0 Å². The number of aromatic amines is 1. The molecular weight excluding hydrogens is 192 g/mol. The summed E-state index contributed by atoms with van der Waals surface area (Å²) in [6.07, 6.45) is 0.938. The Kier molecular flexibility index (Phi) is 3.71. The Morgan fingerprint density at radius 3 is 2.73 bits per heavy atom. The minimum Gasteiger partial charge on any atom is -0.382 e. The van der Waals surface area contributed by atoms with Crippen LogP contribution in [0.2, 0.25) is 0 Å². The van der Waals surface area contributed by atoms with Crippen molar-refractivity contribution in [1.82, 2.24) is 15.1 Å². The first-order valence-corrected chi connectivity index (χ1v) is 5.18. The van der Waals surface area contributed by atoms with E-state index < -0.39 is 0 Å². The number of carbonyl (C=O) groups excluding carboxylic acids is 1. The zero-order valence-electron chi connectivity index (χ0n) is 9.45. The highest BCUT2D eigenvalue weighted by Gasteiger charge is 2.19. The van der Waals surface area contributed by atoms with E-state index >= 15 is 0 Å². The van der Waals surface area contributed by atoms with Crippen LogP contribution in [0.15, 0.2) is 6.07 Å². The summed E-state index contributed by atoms with van der Waals surface area (Å²) in [4.78, 5) is 13.8. The summed E-state index contributed by atoms with van der Waals surface area (Å²) in [6.45, 7) is 6.78. The van der Waals surface area contributed by atoms with Crippen molar-refractivity contribution in [2.45, 2.75) is 33.2 Å². The van der Waals surface area contributed by atoms with E-state index in [-0.39, 0.29) is 11.9 Å². The molecule has 0 bridgehead atoms. The molecule has 0 aliphatic carbocycles. The fraction of sp³-hybridized carbons (Fsp3) is 0.600. The van der Waals surface area contributed by atoms with Gasteiger partial charge in [-0.05, 0) is 20.3 Å². The summed E-state index contributed by atoms with van der Waals surface area (Å²) in [5, 5.41) is 6.38. The van der Waals surface area contributed by atoms with Crippen molar-refractivity contribution in [3.05, 3.63) is 11.8 Å². The summed E-state index contributed by atoms with van der Waals surface area (Å²) < 4.78 is 0. The van der Waals surface area contributed by atoms with Crippen LogP contribution in [0.4, 0.5) is 5.82 Å². The fourth-order valence-corrected chi connectivity index (χ4v) is 1.44. The molecule has 0 atom stereocenters. The number of hydrogen-bond acceptors (Lipinski definition) is 3. The molecule has 0 radical (unpaired) electrons. The van der Waals surface area contributed by atoms with Gasteiger partial charge in [-0.3, -0.25) is 9.89 Å². The lowest BCUT2D eigenvalue weighted by Gasteiger charge is -2.25. The Morgan fingerprint density at radius 2 is 2.33 bits per heavy atom. The normalized spacial score (nSPS) is 10.7. The molecule has 1 aromatic heterocycles. The second kappa shape index (κ2) is 4.82. The molecule has 1 aromatic rings. The standard InChI is InChI=1S/C10H18N4O/c1-4-5-14(7(2)3)10(15)8-6-9(11)13-12-8/h6-7H,4-5H2,1-3H3,(H3,11,12,13). The van der Waals surface area contributed by atoms with Crippen LogP contribution in [-0.2, 0) is 0 Å². The molecule has 5 nitrogen and oxygen atoms in total. The first-order valence-electron chi connectivity index (χ1n) is 5.18. The molecule has 3 N–H and O–H groups in total. The third kappa shape index (κ3) is 2.71. The van der Waals surface area contributed by atoms with Crippen LogP contribution >= 0.6 is 0 Å². The van der Waals surface area contributed by atoms with Crippen molar-refractivity contribution in [3.8, 4) is 0 Å². The second-order valence-electron chi connectivity index (χ2n) is 3.80. The smallest absolute Gasteiger partial charge is 0.272 e. The average molecular weight is 210 g/mol. The summed E-state index contributed by atoms with van der Waals surface area (Å²) in [5.74, 6) is 0.301. The molecule has 0 aromatic carbocycles. The Bertz CT molecular complexity index is 332. The van der Waals surface area contributed by atoms with Gasteiger partial charge in [-0.25, -0.2) is 0 Å². The van der Waals surface area contributed by atoms with Crippen LogP contribution in [0.1, 0.15) is 37.7 Å². The maximum Gasteiger partial charge on any atom is 0.272 e. The van der Waals surface area contributed by atoms with E-state index in [2.05, 4.69) is 10.2 Å². The Hall–Kier alpha value is -1.52. The van der Waals surface area contributed by atoms with Gasteiger partial charge in [0, 0.05) is 18.7 Å². The Labute approximate surface area is 89.6 Å². The number of nitrogens with two attached hydrogens (primary N) is 1. The molecule has 0 spiro atoms. The third-order valence-electron chi connectivity index (χ3n) is 2.18. The molecule has 0 aliphatic heterocycles. The number of nitrogens with zero attached hydrogens (tertiary/aromatic N) is 2. The van der Waals surface area contributed by atoms with E-state index in [1.54, 1.807) is 11.0 Å². The number of nitrogen functional groups attached to an aromatic ring is 1. The van der Waals surface area contributed by atoms with E-state index in [0.717, 1.165) is 13.0 Å². The molecule has 0 unspecified atom stereocenters. The van der Waals surface area contributed by atoms with Crippen LogP contribution in [0.3, 0.4) is 0 Å². The summed E-state index contributed by atoms with van der Waals surface area (Å²) >= 11 is 0. The minimum absolute atomic E-state index is 0.0453. The number of nitrogens with one attached hydrogen (secondary N) is 1. The SMILES string of the molecule is CCCN(C(=O)c1cc(N)n[nH]1)C(C)C. The van der Waals surface area contributed by atoms with Crippen LogP contribution in [-0.4, -0.2) is 33.6 Å². The average Bonchev–Trinajstić information content (AvgIpc) is 2.59. The number of rotatable bonds is 4. The number of aromatic nitrogens is 2. The van der Waals surface area contributed by atoms with Gasteiger partial charge in [-0.2, -0.15) is 5.10 Å². The molecule has 0 saturated carbocycles. The van der Waals surface area contributed by atoms with Gasteiger partial charge >= 0.3 is 0 Å². The molecule has 1 heterocycles. The molecule has 5 heteroatoms. The van der Waals surface area contributed by atoms with Crippen LogP contribution in [0.25, 0.3) is 0 Å². The van der Waals surface area contributed by atoms with Gasteiger partial charge in [-0.1, -0.05) is 6.92 Å². The van der Waals surface area contributed by atoms with Gasteiger partial charge in [0.2, 0.25) is 0 Å². The molecule has 15 heavy (non-hydrogen) atoms. The number of anilines is 1. The van der Waals surface area contributed by atoms with Crippen molar-refractivity contribution in [2.75, 3.05) is 12.3 Å². The van der Waals surface area contributed by atoms with Gasteiger partial charge in [0.1, 0.15) is 11.5 Å². The molecule has 84 valence electrons. The summed E-state index contributed by atoms with van der Waals surface area (Å²) in [7, 11) is 0. The number of amides is 1. The maximum absolute atomic E-state index is 12.0. The quantitative estimate of drug-likeness (QED) is 0.785. The van der Waals surface area contributed by atoms with E-state index in [1.807, 2.05) is 20.8 Å². The largest absolute Gasteiger partial charge is 0.382 e. The zero-order chi connectivity index (χ0) is 11.4. The van der Waals surface area contributed by atoms with E-state index in [4.69, 9.17) is 5.73 Å². The van der Waals surface area contributed by atoms with Crippen molar-refractivity contribution in [2.24, 2.45) is 0 Å². The van der Waals surface area contributed by atoms with E-state index in [9.17, 15) is 4.79 Å². The van der Waals surface area contributed by atoms with Gasteiger partial charge < -0.3 is 10.6 Å². The predicted molar refractivity (Wildman–Crippen MR) is 59.5 cm³/mol. The summed E-state index contributed by atoms with van der Waals surface area (Å²) in [5.41, 5.74) is 5.91. The third-order valence-corrected chi connectivity index (χ3v) is 2.18. The fourth-order valence-electron chi connectivity index (χ4n) is 1.44. The lowest BCUT2D eigenvalue weighted by atomic mass is 10.2.